The molecule has 3 unspecified atom stereocenters. The molecule has 2 N–H and O–H groups in total. The Balaban J connectivity index is 2.33. The average Bonchev–Trinajstić information content (AvgIpc) is 2.30. The van der Waals surface area contributed by atoms with Gasteiger partial charge in [-0.05, 0) is 40.3 Å². The first-order valence-electron chi connectivity index (χ1n) is 6.39. The van der Waals surface area contributed by atoms with E-state index in [2.05, 4.69) is 36.1 Å². The SMILES string of the molecule is C=CCNC(=O)C(C)NC1CCN(C)C(C)C1. The molecule has 1 rings (SSSR count). The second-order valence-electron chi connectivity index (χ2n) is 4.97. The van der Waals surface area contributed by atoms with Crippen molar-refractivity contribution < 1.29 is 4.79 Å². The Bertz CT molecular complexity index is 267. The van der Waals surface area contributed by atoms with E-state index in [0.29, 0.717) is 18.6 Å². The highest BCUT2D eigenvalue weighted by Crippen LogP contribution is 2.15. The van der Waals surface area contributed by atoms with Crippen molar-refractivity contribution in [3.8, 4) is 0 Å². The molecule has 4 heteroatoms. The topological polar surface area (TPSA) is 44.4 Å². The highest BCUT2D eigenvalue weighted by atomic mass is 16.2. The van der Waals surface area contributed by atoms with Crippen molar-refractivity contribution in [2.24, 2.45) is 0 Å². The van der Waals surface area contributed by atoms with E-state index in [1.807, 2.05) is 6.92 Å². The third kappa shape index (κ3) is 4.48. The van der Waals surface area contributed by atoms with Gasteiger partial charge in [0.05, 0.1) is 6.04 Å². The lowest BCUT2D eigenvalue weighted by Crippen LogP contribution is -2.51. The summed E-state index contributed by atoms with van der Waals surface area (Å²) in [5.74, 6) is 0.0523. The van der Waals surface area contributed by atoms with E-state index >= 15 is 0 Å². The molecule has 1 fully saturated rings. The first-order valence-corrected chi connectivity index (χ1v) is 6.39. The summed E-state index contributed by atoms with van der Waals surface area (Å²) in [5, 5.41) is 6.22. The van der Waals surface area contributed by atoms with Crippen LogP contribution in [0.1, 0.15) is 26.7 Å². The van der Waals surface area contributed by atoms with Gasteiger partial charge in [-0.3, -0.25) is 4.79 Å². The van der Waals surface area contributed by atoms with Gasteiger partial charge in [-0.2, -0.15) is 0 Å². The van der Waals surface area contributed by atoms with Crippen LogP contribution in [0.2, 0.25) is 0 Å². The predicted octanol–water partition coefficient (Wildman–Crippen LogP) is 0.749. The number of hydrogen-bond donors (Lipinski definition) is 2. The normalized spacial score (nSPS) is 27.5. The molecular weight excluding hydrogens is 214 g/mol. The summed E-state index contributed by atoms with van der Waals surface area (Å²) in [7, 11) is 2.15. The number of hydrogen-bond acceptors (Lipinski definition) is 3. The minimum absolute atomic E-state index is 0.0523. The highest BCUT2D eigenvalue weighted by Gasteiger charge is 2.25. The van der Waals surface area contributed by atoms with Crippen LogP contribution < -0.4 is 10.6 Å². The molecule has 1 heterocycles. The Hall–Kier alpha value is -0.870. The van der Waals surface area contributed by atoms with E-state index in [-0.39, 0.29) is 11.9 Å². The Kier molecular flexibility index (Phi) is 5.65. The number of amides is 1. The maximum absolute atomic E-state index is 11.7. The van der Waals surface area contributed by atoms with Crippen LogP contribution in [0.3, 0.4) is 0 Å². The third-order valence-corrected chi connectivity index (χ3v) is 3.51. The zero-order valence-corrected chi connectivity index (χ0v) is 11.2. The summed E-state index contributed by atoms with van der Waals surface area (Å²) in [6, 6.07) is 0.908. The maximum atomic E-state index is 11.7. The summed E-state index contributed by atoms with van der Waals surface area (Å²) >= 11 is 0. The minimum Gasteiger partial charge on any atom is -0.351 e. The van der Waals surface area contributed by atoms with E-state index in [1.54, 1.807) is 6.08 Å². The monoisotopic (exact) mass is 239 g/mol. The number of carbonyl (C=O) groups excluding carboxylic acids is 1. The van der Waals surface area contributed by atoms with Crippen molar-refractivity contribution in [3.63, 3.8) is 0 Å². The number of carbonyl (C=O) groups is 1. The van der Waals surface area contributed by atoms with Crippen LogP contribution in [0.15, 0.2) is 12.7 Å². The zero-order chi connectivity index (χ0) is 12.8. The summed E-state index contributed by atoms with van der Waals surface area (Å²) in [6.07, 6.45) is 3.91. The van der Waals surface area contributed by atoms with Gasteiger partial charge in [-0.25, -0.2) is 0 Å². The van der Waals surface area contributed by atoms with E-state index in [1.165, 1.54) is 0 Å². The second kappa shape index (κ2) is 6.77. The van der Waals surface area contributed by atoms with Gasteiger partial charge in [0.1, 0.15) is 0 Å². The summed E-state index contributed by atoms with van der Waals surface area (Å²) < 4.78 is 0. The molecular formula is C13H25N3O. The molecule has 0 spiro atoms. The van der Waals surface area contributed by atoms with Gasteiger partial charge in [-0.15, -0.1) is 6.58 Å². The largest absolute Gasteiger partial charge is 0.351 e. The second-order valence-corrected chi connectivity index (χ2v) is 4.97. The van der Waals surface area contributed by atoms with Gasteiger partial charge in [0, 0.05) is 18.6 Å². The molecule has 3 atom stereocenters. The fraction of sp³-hybridized carbons (Fsp3) is 0.769. The summed E-state index contributed by atoms with van der Waals surface area (Å²) in [6.45, 7) is 9.37. The van der Waals surface area contributed by atoms with Crippen LogP contribution in [0, 0.1) is 0 Å². The van der Waals surface area contributed by atoms with Gasteiger partial charge in [0.25, 0.3) is 0 Å². The molecule has 1 saturated heterocycles. The van der Waals surface area contributed by atoms with E-state index in [9.17, 15) is 4.79 Å². The zero-order valence-electron chi connectivity index (χ0n) is 11.2. The van der Waals surface area contributed by atoms with Crippen LogP contribution in [0.25, 0.3) is 0 Å². The molecule has 0 aromatic rings. The Labute approximate surface area is 104 Å². The summed E-state index contributed by atoms with van der Waals surface area (Å²) in [4.78, 5) is 14.1. The fourth-order valence-corrected chi connectivity index (χ4v) is 2.20. The highest BCUT2D eigenvalue weighted by molar-refractivity contribution is 5.81. The van der Waals surface area contributed by atoms with Crippen LogP contribution >= 0.6 is 0 Å². The molecule has 1 aliphatic heterocycles. The molecule has 0 aliphatic carbocycles. The predicted molar refractivity (Wildman–Crippen MR) is 70.9 cm³/mol. The van der Waals surface area contributed by atoms with Gasteiger partial charge in [-0.1, -0.05) is 6.08 Å². The lowest BCUT2D eigenvalue weighted by molar-refractivity contribution is -0.122. The molecule has 0 radical (unpaired) electrons. The number of nitrogens with one attached hydrogen (secondary N) is 2. The molecule has 0 bridgehead atoms. The standard InChI is InChI=1S/C13H25N3O/c1-5-7-14-13(17)11(3)15-12-6-8-16(4)10(2)9-12/h5,10-12,15H,1,6-9H2,2-4H3,(H,14,17). The molecule has 4 nitrogen and oxygen atoms in total. The van der Waals surface area contributed by atoms with Crippen molar-refractivity contribution in [1.82, 2.24) is 15.5 Å². The molecule has 0 aromatic carbocycles. The molecule has 98 valence electrons. The number of nitrogens with zero attached hydrogens (tertiary/aromatic N) is 1. The quantitative estimate of drug-likeness (QED) is 0.696. The molecule has 0 saturated carbocycles. The number of rotatable bonds is 5. The van der Waals surface area contributed by atoms with Crippen LogP contribution in [-0.2, 0) is 4.79 Å². The van der Waals surface area contributed by atoms with E-state index < -0.39 is 0 Å². The first kappa shape index (κ1) is 14.2. The molecule has 1 aliphatic rings. The number of piperidine rings is 1. The van der Waals surface area contributed by atoms with E-state index in [0.717, 1.165) is 19.4 Å². The van der Waals surface area contributed by atoms with Crippen LogP contribution in [0.5, 0.6) is 0 Å². The lowest BCUT2D eigenvalue weighted by Gasteiger charge is -2.36. The average molecular weight is 239 g/mol. The van der Waals surface area contributed by atoms with Crippen molar-refractivity contribution in [3.05, 3.63) is 12.7 Å². The van der Waals surface area contributed by atoms with E-state index in [4.69, 9.17) is 0 Å². The van der Waals surface area contributed by atoms with Gasteiger partial charge in [0.15, 0.2) is 0 Å². The molecule has 1 amide bonds. The third-order valence-electron chi connectivity index (χ3n) is 3.51. The van der Waals surface area contributed by atoms with Gasteiger partial charge < -0.3 is 15.5 Å². The van der Waals surface area contributed by atoms with Crippen molar-refractivity contribution in [1.29, 1.82) is 0 Å². The van der Waals surface area contributed by atoms with Crippen molar-refractivity contribution in [2.45, 2.75) is 44.8 Å². The Morgan fingerprint density at radius 1 is 1.65 bits per heavy atom. The Morgan fingerprint density at radius 3 is 2.94 bits per heavy atom. The molecule has 0 aromatic heterocycles. The smallest absolute Gasteiger partial charge is 0.237 e. The Morgan fingerprint density at radius 2 is 2.35 bits per heavy atom. The van der Waals surface area contributed by atoms with Crippen LogP contribution in [0.4, 0.5) is 0 Å². The van der Waals surface area contributed by atoms with Gasteiger partial charge in [0.2, 0.25) is 5.91 Å². The first-order chi connectivity index (χ1) is 8.04. The maximum Gasteiger partial charge on any atom is 0.237 e. The summed E-state index contributed by atoms with van der Waals surface area (Å²) in [5.41, 5.74) is 0. The minimum atomic E-state index is -0.129. The van der Waals surface area contributed by atoms with Gasteiger partial charge >= 0.3 is 0 Å². The van der Waals surface area contributed by atoms with Crippen molar-refractivity contribution >= 4 is 5.91 Å². The molecule has 17 heavy (non-hydrogen) atoms. The lowest BCUT2D eigenvalue weighted by atomic mass is 9.98. The number of likely N-dealkylation sites (tertiary alicyclic amines) is 1. The van der Waals surface area contributed by atoms with Crippen molar-refractivity contribution in [2.75, 3.05) is 20.1 Å². The van der Waals surface area contributed by atoms with Crippen LogP contribution in [-0.4, -0.2) is 49.1 Å². The fourth-order valence-electron chi connectivity index (χ4n) is 2.20.